The highest BCUT2D eigenvalue weighted by Crippen LogP contribution is 2.41. The van der Waals surface area contributed by atoms with E-state index < -0.39 is 50.4 Å². The Morgan fingerprint density at radius 2 is 1.29 bits per heavy atom. The summed E-state index contributed by atoms with van der Waals surface area (Å²) in [7, 11) is -7.77. The molecule has 1 aliphatic carbocycles. The first kappa shape index (κ1) is 30.3. The van der Waals surface area contributed by atoms with E-state index in [0.29, 0.717) is 11.1 Å². The smallest absolute Gasteiger partial charge is 0.295 e. The van der Waals surface area contributed by atoms with E-state index >= 15 is 0 Å². The molecule has 3 aromatic rings. The number of anilines is 1. The minimum Gasteiger partial charge on any atom is -0.378 e. The van der Waals surface area contributed by atoms with Gasteiger partial charge in [-0.05, 0) is 59.2 Å². The standard InChI is InChI=1S/C27H26N2O9S3/c1-28(2)19-9-5-17(6-10-19)26(18-7-11-20(12-8-18)29(3)4)24-16-25(40(33,34)35)22-14-13-21(39(30,31)32)15-23(22)27(24)41(36,37)38/h5-16H,1-4H3,(H2-,30,31,32,33,34,35,36,37,38)/p+1. The van der Waals surface area contributed by atoms with Crippen molar-refractivity contribution < 1.29 is 43.5 Å². The number of allylic oxidation sites excluding steroid dienone is 5. The summed E-state index contributed by atoms with van der Waals surface area (Å²) >= 11 is 0. The van der Waals surface area contributed by atoms with Crippen molar-refractivity contribution in [2.24, 2.45) is 0 Å². The fourth-order valence-corrected chi connectivity index (χ4v) is 6.63. The Balaban J connectivity index is 2.27. The minimum atomic E-state index is -5.18. The summed E-state index contributed by atoms with van der Waals surface area (Å²) in [6.45, 7) is 0. The van der Waals surface area contributed by atoms with Crippen LogP contribution >= 0.6 is 0 Å². The normalized spacial score (nSPS) is 14.0. The molecule has 0 saturated heterocycles. The number of hydrogen-bond donors (Lipinski definition) is 3. The lowest BCUT2D eigenvalue weighted by molar-refractivity contribution is -0.462. The van der Waals surface area contributed by atoms with Gasteiger partial charge in [0.15, 0.2) is 5.71 Å². The first-order chi connectivity index (χ1) is 18.9. The zero-order chi connectivity index (χ0) is 30.5. The summed E-state index contributed by atoms with van der Waals surface area (Å²) in [5.74, 6) is 0. The van der Waals surface area contributed by atoms with E-state index in [1.54, 1.807) is 48.6 Å². The van der Waals surface area contributed by atoms with Crippen LogP contribution in [-0.4, -0.2) is 77.4 Å². The third-order valence-corrected chi connectivity index (χ3v) is 9.17. The maximum Gasteiger partial charge on any atom is 0.295 e. The Morgan fingerprint density at radius 3 is 1.76 bits per heavy atom. The highest BCUT2D eigenvalue weighted by Gasteiger charge is 2.30. The molecule has 3 aromatic carbocycles. The topological polar surface area (TPSA) is 169 Å². The number of nitrogens with zero attached hydrogens (tertiary/aromatic N) is 2. The molecule has 0 radical (unpaired) electrons. The van der Waals surface area contributed by atoms with Crippen LogP contribution in [0.15, 0.2) is 93.1 Å². The van der Waals surface area contributed by atoms with Crippen LogP contribution in [0.3, 0.4) is 0 Å². The first-order valence-corrected chi connectivity index (χ1v) is 16.2. The molecule has 0 saturated carbocycles. The predicted octanol–water partition coefficient (Wildman–Crippen LogP) is 3.29. The average molecular weight is 620 g/mol. The molecule has 4 rings (SSSR count). The van der Waals surface area contributed by atoms with Crippen molar-refractivity contribution in [1.82, 2.24) is 0 Å². The quantitative estimate of drug-likeness (QED) is 0.275. The van der Waals surface area contributed by atoms with Crippen LogP contribution in [0.2, 0.25) is 0 Å². The van der Waals surface area contributed by atoms with Crippen LogP contribution in [0.5, 0.6) is 0 Å². The molecule has 0 atom stereocenters. The van der Waals surface area contributed by atoms with E-state index in [2.05, 4.69) is 0 Å². The van der Waals surface area contributed by atoms with Crippen LogP contribution in [0.4, 0.5) is 5.69 Å². The molecule has 0 spiro atoms. The molecule has 1 aliphatic rings. The zero-order valence-corrected chi connectivity index (χ0v) is 24.8. The average Bonchev–Trinajstić information content (AvgIpc) is 2.86. The lowest BCUT2D eigenvalue weighted by atomic mass is 9.89. The third-order valence-electron chi connectivity index (χ3n) is 6.47. The molecule has 0 unspecified atom stereocenters. The molecule has 41 heavy (non-hydrogen) atoms. The Bertz CT molecular complexity index is 2020. The molecule has 0 heterocycles. The summed E-state index contributed by atoms with van der Waals surface area (Å²) < 4.78 is 107. The van der Waals surface area contributed by atoms with Gasteiger partial charge in [0, 0.05) is 48.3 Å². The van der Waals surface area contributed by atoms with Crippen molar-refractivity contribution in [3.05, 3.63) is 89.5 Å². The zero-order valence-electron chi connectivity index (χ0n) is 22.3. The van der Waals surface area contributed by atoms with E-state index in [1.165, 1.54) is 0 Å². The number of hydrogen-bond acceptors (Lipinski definition) is 7. The van der Waals surface area contributed by atoms with E-state index in [-0.39, 0.29) is 16.5 Å². The fraction of sp³-hybridized carbons (Fsp3) is 0.148. The van der Waals surface area contributed by atoms with Gasteiger partial charge in [0.1, 0.15) is 23.9 Å². The number of benzene rings is 3. The summed E-state index contributed by atoms with van der Waals surface area (Å²) in [5.41, 5.74) is 2.30. The van der Waals surface area contributed by atoms with Gasteiger partial charge in [-0.25, -0.2) is 4.58 Å². The Kier molecular flexibility index (Phi) is 7.86. The fourth-order valence-electron chi connectivity index (χ4n) is 4.51. The lowest BCUT2D eigenvalue weighted by Gasteiger charge is -2.20. The molecule has 11 nitrogen and oxygen atoms in total. The highest BCUT2D eigenvalue weighted by atomic mass is 32.2. The Morgan fingerprint density at radius 1 is 0.707 bits per heavy atom. The molecule has 216 valence electrons. The maximum absolute atomic E-state index is 12.9. The second-order valence-corrected chi connectivity index (χ2v) is 13.8. The second kappa shape index (κ2) is 10.6. The lowest BCUT2D eigenvalue weighted by Crippen LogP contribution is -2.12. The van der Waals surface area contributed by atoms with E-state index in [9.17, 15) is 38.9 Å². The van der Waals surface area contributed by atoms with Gasteiger partial charge in [0.05, 0.1) is 4.90 Å². The molecule has 0 bridgehead atoms. The first-order valence-electron chi connectivity index (χ1n) is 11.9. The molecule has 3 N–H and O–H groups in total. The predicted molar refractivity (Wildman–Crippen MR) is 156 cm³/mol. The molecule has 0 aromatic heterocycles. The SMILES string of the molecule is CN(C)c1ccc(C(=C2C=CC(=[N+](C)C)C=C2)c2cc(S(=O)(=O)O)c3ccc(S(=O)(=O)O)cc3c2S(=O)(=O)O)cc1. The Labute approximate surface area is 238 Å². The third kappa shape index (κ3) is 6.17. The van der Waals surface area contributed by atoms with E-state index in [1.807, 2.05) is 37.7 Å². The van der Waals surface area contributed by atoms with Gasteiger partial charge >= 0.3 is 0 Å². The van der Waals surface area contributed by atoms with Crippen molar-refractivity contribution in [3.8, 4) is 0 Å². The van der Waals surface area contributed by atoms with Gasteiger partial charge in [-0.1, -0.05) is 18.2 Å². The van der Waals surface area contributed by atoms with Gasteiger partial charge in [-0.2, -0.15) is 25.3 Å². The van der Waals surface area contributed by atoms with Crippen LogP contribution < -0.4 is 4.90 Å². The van der Waals surface area contributed by atoms with Crippen LogP contribution in [0.1, 0.15) is 11.1 Å². The van der Waals surface area contributed by atoms with Crippen molar-refractivity contribution in [2.45, 2.75) is 14.7 Å². The molecule has 0 amide bonds. The van der Waals surface area contributed by atoms with Crippen LogP contribution in [0, 0.1) is 0 Å². The second-order valence-electron chi connectivity index (χ2n) is 9.64. The molecular formula is C27H27N2O9S3+. The van der Waals surface area contributed by atoms with Crippen LogP contribution in [0.25, 0.3) is 16.3 Å². The van der Waals surface area contributed by atoms with Gasteiger partial charge < -0.3 is 4.90 Å². The summed E-state index contributed by atoms with van der Waals surface area (Å²) in [5, 5.41) is -0.929. The highest BCUT2D eigenvalue weighted by molar-refractivity contribution is 7.87. The monoisotopic (exact) mass is 619 g/mol. The maximum atomic E-state index is 12.9. The largest absolute Gasteiger partial charge is 0.378 e. The molecule has 14 heteroatoms. The van der Waals surface area contributed by atoms with Gasteiger partial charge in [0.2, 0.25) is 0 Å². The molecule has 0 aliphatic heterocycles. The van der Waals surface area contributed by atoms with E-state index in [0.717, 1.165) is 35.7 Å². The molecular weight excluding hydrogens is 593 g/mol. The van der Waals surface area contributed by atoms with Crippen molar-refractivity contribution in [1.29, 1.82) is 0 Å². The molecule has 0 fully saturated rings. The summed E-state index contributed by atoms with van der Waals surface area (Å²) in [6, 6.07) is 10.3. The van der Waals surface area contributed by atoms with Gasteiger partial charge in [0.25, 0.3) is 30.4 Å². The Hall–Kier alpha value is -3.66. The minimum absolute atomic E-state index is 0.164. The summed E-state index contributed by atoms with van der Waals surface area (Å²) in [6.07, 6.45) is 6.84. The number of fused-ring (bicyclic) bond motifs is 1. The van der Waals surface area contributed by atoms with Gasteiger partial charge in [-0.15, -0.1) is 0 Å². The van der Waals surface area contributed by atoms with Crippen LogP contribution in [-0.2, 0) is 30.4 Å². The van der Waals surface area contributed by atoms with Crippen molar-refractivity contribution in [3.63, 3.8) is 0 Å². The number of rotatable bonds is 6. The van der Waals surface area contributed by atoms with E-state index in [4.69, 9.17) is 0 Å². The van der Waals surface area contributed by atoms with Crippen molar-refractivity contribution >= 4 is 58.1 Å². The van der Waals surface area contributed by atoms with Gasteiger partial charge in [-0.3, -0.25) is 13.7 Å². The summed E-state index contributed by atoms with van der Waals surface area (Å²) in [4.78, 5) is -0.458. The van der Waals surface area contributed by atoms with Crippen molar-refractivity contribution in [2.75, 3.05) is 33.1 Å².